The molecule has 0 atom stereocenters. The van der Waals surface area contributed by atoms with E-state index in [1.165, 1.54) is 18.2 Å². The van der Waals surface area contributed by atoms with Gasteiger partial charge in [-0.3, -0.25) is 0 Å². The van der Waals surface area contributed by atoms with Gasteiger partial charge < -0.3 is 19.7 Å². The Bertz CT molecular complexity index is 595. The third-order valence-electron chi connectivity index (χ3n) is 2.76. The van der Waals surface area contributed by atoms with Crippen LogP contribution >= 0.6 is 0 Å². The summed E-state index contributed by atoms with van der Waals surface area (Å²) in [5.41, 5.74) is 0.940. The second-order valence-electron chi connectivity index (χ2n) is 4.31. The van der Waals surface area contributed by atoms with Crippen LogP contribution < -0.4 is 4.74 Å². The van der Waals surface area contributed by atoms with Gasteiger partial charge in [0.05, 0.1) is 6.61 Å². The molecule has 0 spiro atoms. The number of carbonyl (C=O) groups is 1. The van der Waals surface area contributed by atoms with Gasteiger partial charge in [-0.1, -0.05) is 30.3 Å². The van der Waals surface area contributed by atoms with Crippen LogP contribution in [0.1, 0.15) is 15.9 Å². The maximum Gasteiger partial charge on any atom is 0.342 e. The van der Waals surface area contributed by atoms with Gasteiger partial charge in [0.2, 0.25) is 0 Å². The maximum absolute atomic E-state index is 11.9. The van der Waals surface area contributed by atoms with Crippen molar-refractivity contribution >= 4 is 5.97 Å². The Morgan fingerprint density at radius 2 is 1.86 bits per heavy atom. The summed E-state index contributed by atoms with van der Waals surface area (Å²) >= 11 is 0. The van der Waals surface area contributed by atoms with Crippen LogP contribution in [-0.2, 0) is 11.3 Å². The van der Waals surface area contributed by atoms with E-state index in [0.29, 0.717) is 5.75 Å². The third kappa shape index (κ3) is 4.22. The van der Waals surface area contributed by atoms with Gasteiger partial charge in [-0.25, -0.2) is 4.79 Å². The fourth-order valence-electron chi connectivity index (χ4n) is 1.74. The van der Waals surface area contributed by atoms with Crippen molar-refractivity contribution in [3.8, 4) is 11.5 Å². The monoisotopic (exact) mass is 288 g/mol. The molecule has 110 valence electrons. The van der Waals surface area contributed by atoms with Gasteiger partial charge in [0.1, 0.15) is 30.3 Å². The molecule has 0 saturated carbocycles. The molecule has 0 heterocycles. The van der Waals surface area contributed by atoms with E-state index in [1.54, 1.807) is 0 Å². The molecule has 0 aliphatic heterocycles. The molecule has 2 rings (SSSR count). The van der Waals surface area contributed by atoms with Crippen molar-refractivity contribution in [1.29, 1.82) is 0 Å². The molecule has 2 aromatic rings. The van der Waals surface area contributed by atoms with Crippen LogP contribution in [0.3, 0.4) is 0 Å². The number of phenols is 1. The largest absolute Gasteiger partial charge is 0.507 e. The van der Waals surface area contributed by atoms with Crippen LogP contribution in [0.25, 0.3) is 0 Å². The van der Waals surface area contributed by atoms with Crippen LogP contribution in [-0.4, -0.2) is 29.4 Å². The van der Waals surface area contributed by atoms with Crippen molar-refractivity contribution in [3.63, 3.8) is 0 Å². The van der Waals surface area contributed by atoms with Crippen molar-refractivity contribution in [2.45, 2.75) is 6.61 Å². The average molecular weight is 288 g/mol. The molecule has 0 bridgehead atoms. The second-order valence-corrected chi connectivity index (χ2v) is 4.31. The van der Waals surface area contributed by atoms with E-state index < -0.39 is 5.97 Å². The van der Waals surface area contributed by atoms with Gasteiger partial charge in [-0.05, 0) is 17.7 Å². The highest BCUT2D eigenvalue weighted by atomic mass is 16.5. The summed E-state index contributed by atoms with van der Waals surface area (Å²) in [6, 6.07) is 13.6. The molecule has 0 aromatic heterocycles. The van der Waals surface area contributed by atoms with E-state index in [0.717, 1.165) is 5.56 Å². The zero-order chi connectivity index (χ0) is 15.1. The topological polar surface area (TPSA) is 76.0 Å². The lowest BCUT2D eigenvalue weighted by Gasteiger charge is -2.09. The molecule has 0 amide bonds. The summed E-state index contributed by atoms with van der Waals surface area (Å²) in [4.78, 5) is 11.9. The molecule has 0 aliphatic carbocycles. The zero-order valence-electron chi connectivity index (χ0n) is 11.4. The lowest BCUT2D eigenvalue weighted by atomic mass is 10.2. The number of rotatable bonds is 6. The SMILES string of the molecule is O=C(OCc1ccccc1)c1ccc(OCCO)cc1O. The Balaban J connectivity index is 1.99. The average Bonchev–Trinajstić information content (AvgIpc) is 2.51. The van der Waals surface area contributed by atoms with Gasteiger partial charge in [-0.2, -0.15) is 0 Å². The van der Waals surface area contributed by atoms with Crippen molar-refractivity contribution in [2.75, 3.05) is 13.2 Å². The summed E-state index contributed by atoms with van der Waals surface area (Å²) in [7, 11) is 0. The summed E-state index contributed by atoms with van der Waals surface area (Å²) in [5, 5.41) is 18.5. The van der Waals surface area contributed by atoms with Crippen molar-refractivity contribution in [2.24, 2.45) is 0 Å². The van der Waals surface area contributed by atoms with Gasteiger partial charge in [0.15, 0.2) is 0 Å². The first kappa shape index (κ1) is 14.9. The molecule has 0 unspecified atom stereocenters. The predicted octanol–water partition coefficient (Wildman–Crippen LogP) is 2.12. The summed E-state index contributed by atoms with van der Waals surface area (Å²) in [5.74, 6) is -0.449. The predicted molar refractivity (Wildman–Crippen MR) is 76.2 cm³/mol. The van der Waals surface area contributed by atoms with Crippen molar-refractivity contribution in [3.05, 3.63) is 59.7 Å². The van der Waals surface area contributed by atoms with Crippen LogP contribution in [0.4, 0.5) is 0 Å². The van der Waals surface area contributed by atoms with Crippen LogP contribution in [0.2, 0.25) is 0 Å². The molecular formula is C16H16O5. The number of hydrogen-bond acceptors (Lipinski definition) is 5. The van der Waals surface area contributed by atoms with Gasteiger partial charge >= 0.3 is 5.97 Å². The molecule has 2 aromatic carbocycles. The van der Waals surface area contributed by atoms with Gasteiger partial charge in [0.25, 0.3) is 0 Å². The van der Waals surface area contributed by atoms with E-state index in [2.05, 4.69) is 0 Å². The molecule has 5 heteroatoms. The van der Waals surface area contributed by atoms with Gasteiger partial charge in [-0.15, -0.1) is 0 Å². The van der Waals surface area contributed by atoms with E-state index in [1.807, 2.05) is 30.3 Å². The maximum atomic E-state index is 11.9. The van der Waals surface area contributed by atoms with E-state index >= 15 is 0 Å². The minimum atomic E-state index is -0.606. The molecule has 21 heavy (non-hydrogen) atoms. The molecule has 0 fully saturated rings. The van der Waals surface area contributed by atoms with E-state index in [4.69, 9.17) is 14.6 Å². The number of aliphatic hydroxyl groups is 1. The molecular weight excluding hydrogens is 272 g/mol. The van der Waals surface area contributed by atoms with E-state index in [-0.39, 0.29) is 31.1 Å². The highest BCUT2D eigenvalue weighted by Gasteiger charge is 2.13. The normalized spacial score (nSPS) is 10.1. The zero-order valence-corrected chi connectivity index (χ0v) is 11.4. The van der Waals surface area contributed by atoms with Gasteiger partial charge in [0, 0.05) is 6.07 Å². The Morgan fingerprint density at radius 1 is 1.10 bits per heavy atom. The third-order valence-corrected chi connectivity index (χ3v) is 2.76. The molecule has 0 radical (unpaired) electrons. The summed E-state index contributed by atoms with van der Waals surface area (Å²) in [6.07, 6.45) is 0. The number of esters is 1. The number of hydrogen-bond donors (Lipinski definition) is 2. The Hall–Kier alpha value is -2.53. The number of benzene rings is 2. The molecule has 2 N–H and O–H groups in total. The highest BCUT2D eigenvalue weighted by molar-refractivity contribution is 5.92. The first-order valence-electron chi connectivity index (χ1n) is 6.48. The number of aliphatic hydroxyl groups excluding tert-OH is 1. The summed E-state index contributed by atoms with van der Waals surface area (Å²) in [6.45, 7) is 0.140. The van der Waals surface area contributed by atoms with Crippen molar-refractivity contribution < 1.29 is 24.5 Å². The fraction of sp³-hybridized carbons (Fsp3) is 0.188. The lowest BCUT2D eigenvalue weighted by molar-refractivity contribution is 0.0469. The smallest absolute Gasteiger partial charge is 0.342 e. The Kier molecular flexibility index (Phi) is 5.17. The standard InChI is InChI=1S/C16H16O5/c17-8-9-20-13-6-7-14(15(18)10-13)16(19)21-11-12-4-2-1-3-5-12/h1-7,10,17-18H,8-9,11H2. The molecule has 5 nitrogen and oxygen atoms in total. The lowest BCUT2D eigenvalue weighted by Crippen LogP contribution is -2.06. The summed E-state index contributed by atoms with van der Waals surface area (Å²) < 4.78 is 10.3. The number of aromatic hydroxyl groups is 1. The number of carbonyl (C=O) groups excluding carboxylic acids is 1. The Labute approximate surface area is 122 Å². The first-order valence-corrected chi connectivity index (χ1v) is 6.48. The molecule has 0 aliphatic rings. The number of phenolic OH excluding ortho intramolecular Hbond substituents is 1. The minimum absolute atomic E-state index is 0.0716. The Morgan fingerprint density at radius 3 is 2.52 bits per heavy atom. The first-order chi connectivity index (χ1) is 10.2. The van der Waals surface area contributed by atoms with Crippen LogP contribution in [0.15, 0.2) is 48.5 Å². The van der Waals surface area contributed by atoms with Crippen molar-refractivity contribution in [1.82, 2.24) is 0 Å². The second kappa shape index (κ2) is 7.31. The van der Waals surface area contributed by atoms with Crippen LogP contribution in [0.5, 0.6) is 11.5 Å². The van der Waals surface area contributed by atoms with Crippen LogP contribution in [0, 0.1) is 0 Å². The minimum Gasteiger partial charge on any atom is -0.507 e. The highest BCUT2D eigenvalue weighted by Crippen LogP contribution is 2.24. The van der Waals surface area contributed by atoms with E-state index in [9.17, 15) is 9.90 Å². The number of ether oxygens (including phenoxy) is 2. The fourth-order valence-corrected chi connectivity index (χ4v) is 1.74. The quantitative estimate of drug-likeness (QED) is 0.796. The molecule has 0 saturated heterocycles.